The molecule has 1 aliphatic carbocycles. The lowest BCUT2D eigenvalue weighted by molar-refractivity contribution is -0.136. The van der Waals surface area contributed by atoms with Crippen molar-refractivity contribution in [2.45, 2.75) is 91.0 Å². The van der Waals surface area contributed by atoms with Crippen molar-refractivity contribution >= 4 is 34.8 Å². The lowest BCUT2D eigenvalue weighted by atomic mass is 9.81. The van der Waals surface area contributed by atoms with Crippen LogP contribution in [-0.2, 0) is 14.4 Å². The van der Waals surface area contributed by atoms with E-state index in [0.717, 1.165) is 36.3 Å². The van der Waals surface area contributed by atoms with E-state index >= 15 is 0 Å². The van der Waals surface area contributed by atoms with Gasteiger partial charge < -0.3 is 20.9 Å². The van der Waals surface area contributed by atoms with Gasteiger partial charge in [-0.15, -0.1) is 0 Å². The quantitative estimate of drug-likeness (QED) is 0.282. The van der Waals surface area contributed by atoms with E-state index in [1.807, 2.05) is 53.4 Å². The molecule has 2 aromatic carbocycles. The van der Waals surface area contributed by atoms with Crippen LogP contribution in [0.25, 0.3) is 0 Å². The van der Waals surface area contributed by atoms with Gasteiger partial charge in [-0.2, -0.15) is 0 Å². The van der Waals surface area contributed by atoms with E-state index in [0.29, 0.717) is 31.8 Å². The average Bonchev–Trinajstić information content (AvgIpc) is 3.10. The number of benzene rings is 2. The Morgan fingerprint density at radius 2 is 1.62 bits per heavy atom. The summed E-state index contributed by atoms with van der Waals surface area (Å²) in [5, 5.41) is 3.15. The number of nitrogens with one attached hydrogen (secondary N) is 1. The van der Waals surface area contributed by atoms with Gasteiger partial charge in [0.2, 0.25) is 11.8 Å². The number of carbonyl (C=O) groups excluding carboxylic acids is 3. The van der Waals surface area contributed by atoms with Gasteiger partial charge in [-0.1, -0.05) is 96.0 Å². The van der Waals surface area contributed by atoms with Gasteiger partial charge in [-0.3, -0.25) is 14.4 Å². The topological polar surface area (TPSA) is 95.7 Å². The molecule has 0 radical (unpaired) electrons. The predicted octanol–water partition coefficient (Wildman–Crippen LogP) is 6.58. The van der Waals surface area contributed by atoms with Crippen molar-refractivity contribution in [1.29, 1.82) is 0 Å². The molecule has 0 spiro atoms. The number of nitrogens with zero attached hydrogens (tertiary/aromatic N) is 2. The Balaban J connectivity index is 1.68. The fourth-order valence-electron chi connectivity index (χ4n) is 6.77. The highest BCUT2D eigenvalue weighted by Gasteiger charge is 2.39. The second-order valence-electron chi connectivity index (χ2n) is 12.7. The first-order valence-corrected chi connectivity index (χ1v) is 16.1. The third-order valence-corrected chi connectivity index (χ3v) is 9.04. The highest BCUT2D eigenvalue weighted by molar-refractivity contribution is 6.04. The summed E-state index contributed by atoms with van der Waals surface area (Å²) >= 11 is 0. The molecule has 1 fully saturated rings. The van der Waals surface area contributed by atoms with E-state index in [9.17, 15) is 14.4 Å². The number of anilines is 3. The maximum Gasteiger partial charge on any atom is 0.251 e. The van der Waals surface area contributed by atoms with Crippen molar-refractivity contribution in [2.24, 2.45) is 29.4 Å². The molecule has 7 heteroatoms. The number of nitrogens with two attached hydrogens (primary N) is 1. The lowest BCUT2D eigenvalue weighted by Gasteiger charge is -2.30. The summed E-state index contributed by atoms with van der Waals surface area (Å²) in [7, 11) is 0. The minimum atomic E-state index is -0.772. The number of hydrogen-bond acceptors (Lipinski definition) is 4. The van der Waals surface area contributed by atoms with Crippen molar-refractivity contribution in [1.82, 2.24) is 5.32 Å². The number of fused-ring (bicyclic) bond motifs is 1. The molecule has 42 heavy (non-hydrogen) atoms. The number of unbranched alkanes of at least 4 members (excludes halogenated alkanes) is 1. The van der Waals surface area contributed by atoms with Gasteiger partial charge in [-0.05, 0) is 55.4 Å². The van der Waals surface area contributed by atoms with Gasteiger partial charge in [0.05, 0.1) is 17.9 Å². The summed E-state index contributed by atoms with van der Waals surface area (Å²) in [6.07, 6.45) is 10.0. The molecule has 0 aromatic heterocycles. The zero-order valence-corrected chi connectivity index (χ0v) is 25.8. The van der Waals surface area contributed by atoms with Crippen molar-refractivity contribution < 1.29 is 14.4 Å². The minimum absolute atomic E-state index is 0.0995. The third-order valence-electron chi connectivity index (χ3n) is 9.04. The first-order valence-electron chi connectivity index (χ1n) is 16.1. The largest absolute Gasteiger partial charge is 0.369 e. The van der Waals surface area contributed by atoms with Crippen molar-refractivity contribution in [2.75, 3.05) is 22.9 Å². The zero-order chi connectivity index (χ0) is 30.1. The van der Waals surface area contributed by atoms with Crippen LogP contribution in [0.4, 0.5) is 17.1 Å². The van der Waals surface area contributed by atoms with E-state index in [1.54, 1.807) is 0 Å². The molecule has 3 atom stereocenters. The first-order chi connectivity index (χ1) is 20.3. The molecule has 3 N–H and O–H groups in total. The minimum Gasteiger partial charge on any atom is -0.369 e. The van der Waals surface area contributed by atoms with Crippen LogP contribution >= 0.6 is 0 Å². The van der Waals surface area contributed by atoms with Crippen molar-refractivity contribution in [3.8, 4) is 0 Å². The summed E-state index contributed by atoms with van der Waals surface area (Å²) in [4.78, 5) is 45.1. The third kappa shape index (κ3) is 7.93. The Morgan fingerprint density at radius 3 is 2.26 bits per heavy atom. The van der Waals surface area contributed by atoms with E-state index in [1.165, 1.54) is 32.1 Å². The number of amides is 3. The standard InChI is InChI=1S/C35H50N4O3/c1-4-5-18-28(33(36)40)29(23-25(2)3)34(41)37-30-24-39(27-16-10-7-11-17-27)32-20-13-12-19-31(32)38(35(30)42)22-21-26-14-8-6-9-15-26/h7,10-13,16-17,19-20,25-26,28-30H,4-6,8-9,14-15,18,21-24H2,1-3H3,(H2,36,40)(H,37,41). The van der Waals surface area contributed by atoms with E-state index < -0.39 is 23.8 Å². The van der Waals surface area contributed by atoms with E-state index in [4.69, 9.17) is 5.73 Å². The molecule has 4 rings (SSSR count). The summed E-state index contributed by atoms with van der Waals surface area (Å²) in [6, 6.07) is 17.3. The molecule has 228 valence electrons. The normalized spacial score (nSPS) is 19.2. The molecule has 3 unspecified atom stereocenters. The molecule has 0 bridgehead atoms. The van der Waals surface area contributed by atoms with Crippen LogP contribution in [-0.4, -0.2) is 36.9 Å². The van der Waals surface area contributed by atoms with Crippen LogP contribution in [0.5, 0.6) is 0 Å². The van der Waals surface area contributed by atoms with Crippen molar-refractivity contribution in [3.63, 3.8) is 0 Å². The molecule has 2 aliphatic rings. The van der Waals surface area contributed by atoms with Crippen LogP contribution in [0.2, 0.25) is 0 Å². The molecule has 2 aromatic rings. The van der Waals surface area contributed by atoms with Gasteiger partial charge in [0.1, 0.15) is 6.04 Å². The Kier molecular flexibility index (Phi) is 11.4. The van der Waals surface area contributed by atoms with Gasteiger partial charge in [0.25, 0.3) is 5.91 Å². The van der Waals surface area contributed by atoms with Crippen LogP contribution in [0.3, 0.4) is 0 Å². The zero-order valence-electron chi connectivity index (χ0n) is 25.8. The lowest BCUT2D eigenvalue weighted by Crippen LogP contribution is -2.54. The highest BCUT2D eigenvalue weighted by atomic mass is 16.2. The first kappa shape index (κ1) is 31.6. The Hall–Kier alpha value is -3.35. The van der Waals surface area contributed by atoms with Crippen molar-refractivity contribution in [3.05, 3.63) is 54.6 Å². The highest BCUT2D eigenvalue weighted by Crippen LogP contribution is 2.38. The van der Waals surface area contributed by atoms with Gasteiger partial charge in [-0.25, -0.2) is 0 Å². The molecule has 1 saturated carbocycles. The summed E-state index contributed by atoms with van der Waals surface area (Å²) in [6.45, 7) is 7.09. The molecule has 1 heterocycles. The smallest absolute Gasteiger partial charge is 0.251 e. The number of hydrogen-bond donors (Lipinski definition) is 2. The Bertz CT molecular complexity index is 1180. The molecular formula is C35H50N4O3. The van der Waals surface area contributed by atoms with E-state index in [-0.39, 0.29) is 17.7 Å². The van der Waals surface area contributed by atoms with Crippen LogP contribution in [0, 0.1) is 23.7 Å². The maximum atomic E-state index is 14.4. The molecule has 3 amide bonds. The second kappa shape index (κ2) is 15.2. The number of rotatable bonds is 13. The predicted molar refractivity (Wildman–Crippen MR) is 171 cm³/mol. The second-order valence-corrected chi connectivity index (χ2v) is 12.7. The molecule has 7 nitrogen and oxygen atoms in total. The monoisotopic (exact) mass is 574 g/mol. The number of primary amides is 1. The SMILES string of the molecule is CCCCC(C(N)=O)C(CC(C)C)C(=O)NC1CN(c2ccccc2)c2ccccc2N(CCC2CCCCC2)C1=O. The molecule has 1 aliphatic heterocycles. The van der Waals surface area contributed by atoms with Gasteiger partial charge >= 0.3 is 0 Å². The molecular weight excluding hydrogens is 524 g/mol. The molecule has 0 saturated heterocycles. The number of carbonyl (C=O) groups is 3. The Labute approximate surface area is 252 Å². The summed E-state index contributed by atoms with van der Waals surface area (Å²) < 4.78 is 0. The maximum absolute atomic E-state index is 14.4. The van der Waals surface area contributed by atoms with Crippen LogP contribution in [0.1, 0.15) is 85.0 Å². The van der Waals surface area contributed by atoms with Crippen LogP contribution < -0.4 is 20.9 Å². The average molecular weight is 575 g/mol. The Morgan fingerprint density at radius 1 is 0.952 bits per heavy atom. The van der Waals surface area contributed by atoms with Crippen LogP contribution in [0.15, 0.2) is 54.6 Å². The van der Waals surface area contributed by atoms with E-state index in [2.05, 4.69) is 37.1 Å². The van der Waals surface area contributed by atoms with Gasteiger partial charge in [0.15, 0.2) is 0 Å². The fraction of sp³-hybridized carbons (Fsp3) is 0.571. The summed E-state index contributed by atoms with van der Waals surface area (Å²) in [5.74, 6) is -1.11. The van der Waals surface area contributed by atoms with Gasteiger partial charge in [0, 0.05) is 24.1 Å². The fourth-order valence-corrected chi connectivity index (χ4v) is 6.77. The summed E-state index contributed by atoms with van der Waals surface area (Å²) in [5.41, 5.74) is 8.65. The number of para-hydroxylation sites is 3.